The van der Waals surface area contributed by atoms with E-state index in [2.05, 4.69) is 6.07 Å². The number of nitro groups is 1. The first-order chi connectivity index (χ1) is 10.1. The smallest absolute Gasteiger partial charge is 0.395 e. The minimum atomic E-state index is -0.649. The van der Waals surface area contributed by atoms with Crippen molar-refractivity contribution < 1.29 is 14.1 Å². The largest absolute Gasteiger partial charge is 0.433 e. The van der Waals surface area contributed by atoms with Gasteiger partial charge in [-0.15, -0.1) is 0 Å². The zero-order valence-electron chi connectivity index (χ0n) is 11.5. The summed E-state index contributed by atoms with van der Waals surface area (Å²) in [4.78, 5) is 24.1. The van der Waals surface area contributed by atoms with Crippen molar-refractivity contribution in [2.45, 2.75) is 19.8 Å². The standard InChI is InChI=1S/C15H14N2O4/c1-10-4-5-12-11(9-10)3-2-8-16(12)15(18)13-6-7-14(21-13)17(19)20/h4-7,9H,2-3,8H2,1H3. The van der Waals surface area contributed by atoms with Crippen molar-refractivity contribution in [2.75, 3.05) is 11.4 Å². The number of furan rings is 1. The summed E-state index contributed by atoms with van der Waals surface area (Å²) in [5.74, 6) is -0.762. The Kier molecular flexibility index (Phi) is 3.21. The summed E-state index contributed by atoms with van der Waals surface area (Å²) in [5.41, 5.74) is 3.13. The van der Waals surface area contributed by atoms with E-state index in [0.717, 1.165) is 29.7 Å². The van der Waals surface area contributed by atoms with Crippen LogP contribution in [0.2, 0.25) is 0 Å². The van der Waals surface area contributed by atoms with Crippen LogP contribution in [0, 0.1) is 17.0 Å². The lowest BCUT2D eigenvalue weighted by molar-refractivity contribution is -0.402. The fraction of sp³-hybridized carbons (Fsp3) is 0.267. The molecule has 6 heteroatoms. The molecule has 0 atom stereocenters. The molecule has 2 aromatic rings. The van der Waals surface area contributed by atoms with E-state index in [1.807, 2.05) is 19.1 Å². The van der Waals surface area contributed by atoms with Crippen LogP contribution in [-0.4, -0.2) is 17.4 Å². The minimum absolute atomic E-state index is 0.00451. The lowest BCUT2D eigenvalue weighted by atomic mass is 9.99. The Morgan fingerprint density at radius 2 is 2.14 bits per heavy atom. The molecule has 2 heterocycles. The molecule has 1 amide bonds. The molecule has 3 rings (SSSR count). The van der Waals surface area contributed by atoms with E-state index in [9.17, 15) is 14.9 Å². The molecule has 0 spiro atoms. The van der Waals surface area contributed by atoms with Gasteiger partial charge < -0.3 is 9.32 Å². The maximum absolute atomic E-state index is 12.5. The number of hydrogen-bond acceptors (Lipinski definition) is 4. The predicted octanol–water partition coefficient (Wildman–Crippen LogP) is 3.09. The fourth-order valence-electron chi connectivity index (χ4n) is 2.61. The van der Waals surface area contributed by atoms with Gasteiger partial charge in [0.05, 0.1) is 6.07 Å². The Morgan fingerprint density at radius 3 is 2.86 bits per heavy atom. The molecule has 1 aromatic heterocycles. The van der Waals surface area contributed by atoms with Crippen LogP contribution in [0.5, 0.6) is 0 Å². The van der Waals surface area contributed by atoms with Gasteiger partial charge in [-0.25, -0.2) is 0 Å². The van der Waals surface area contributed by atoms with Crippen LogP contribution >= 0.6 is 0 Å². The number of aryl methyl sites for hydroxylation is 2. The molecule has 1 aliphatic rings. The van der Waals surface area contributed by atoms with Gasteiger partial charge in [-0.05, 0) is 37.5 Å². The van der Waals surface area contributed by atoms with E-state index in [1.54, 1.807) is 4.90 Å². The van der Waals surface area contributed by atoms with E-state index in [0.29, 0.717) is 6.54 Å². The van der Waals surface area contributed by atoms with Gasteiger partial charge in [-0.1, -0.05) is 17.7 Å². The van der Waals surface area contributed by atoms with Crippen LogP contribution in [0.1, 0.15) is 28.1 Å². The summed E-state index contributed by atoms with van der Waals surface area (Å²) in [6.07, 6.45) is 1.80. The summed E-state index contributed by atoms with van der Waals surface area (Å²) in [7, 11) is 0. The molecule has 0 unspecified atom stereocenters. The zero-order chi connectivity index (χ0) is 15.0. The summed E-state index contributed by atoms with van der Waals surface area (Å²) in [6.45, 7) is 2.60. The molecule has 0 aliphatic carbocycles. The van der Waals surface area contributed by atoms with Gasteiger partial charge in [0.15, 0.2) is 5.76 Å². The van der Waals surface area contributed by atoms with E-state index < -0.39 is 10.8 Å². The molecule has 0 saturated heterocycles. The Balaban J connectivity index is 1.94. The molecule has 0 radical (unpaired) electrons. The third kappa shape index (κ3) is 2.40. The van der Waals surface area contributed by atoms with Crippen molar-refractivity contribution in [1.29, 1.82) is 0 Å². The molecular formula is C15H14N2O4. The van der Waals surface area contributed by atoms with Crippen molar-refractivity contribution in [3.63, 3.8) is 0 Å². The van der Waals surface area contributed by atoms with Gasteiger partial charge in [0.2, 0.25) is 0 Å². The topological polar surface area (TPSA) is 76.6 Å². The number of carbonyl (C=O) groups is 1. The summed E-state index contributed by atoms with van der Waals surface area (Å²) in [6, 6.07) is 8.49. The minimum Gasteiger partial charge on any atom is -0.395 e. The monoisotopic (exact) mass is 286 g/mol. The maximum Gasteiger partial charge on any atom is 0.433 e. The molecule has 6 nitrogen and oxygen atoms in total. The van der Waals surface area contributed by atoms with Crippen LogP contribution in [0.15, 0.2) is 34.7 Å². The second-order valence-electron chi connectivity index (χ2n) is 5.09. The van der Waals surface area contributed by atoms with Crippen LogP contribution in [0.25, 0.3) is 0 Å². The van der Waals surface area contributed by atoms with Crippen LogP contribution in [-0.2, 0) is 6.42 Å². The third-order valence-corrected chi connectivity index (χ3v) is 3.58. The third-order valence-electron chi connectivity index (χ3n) is 3.58. The molecule has 0 saturated carbocycles. The van der Waals surface area contributed by atoms with E-state index in [1.165, 1.54) is 12.1 Å². The number of fused-ring (bicyclic) bond motifs is 1. The van der Waals surface area contributed by atoms with Gasteiger partial charge >= 0.3 is 5.88 Å². The van der Waals surface area contributed by atoms with Gasteiger partial charge in [0, 0.05) is 12.2 Å². The van der Waals surface area contributed by atoms with Crippen LogP contribution in [0.3, 0.4) is 0 Å². The van der Waals surface area contributed by atoms with Crippen LogP contribution < -0.4 is 4.90 Å². The molecular weight excluding hydrogens is 272 g/mol. The van der Waals surface area contributed by atoms with Gasteiger partial charge in [-0.3, -0.25) is 14.9 Å². The summed E-state index contributed by atoms with van der Waals surface area (Å²) in [5, 5.41) is 10.6. The maximum atomic E-state index is 12.5. The van der Waals surface area contributed by atoms with Crippen LogP contribution in [0.4, 0.5) is 11.6 Å². The van der Waals surface area contributed by atoms with E-state index in [-0.39, 0.29) is 11.7 Å². The fourth-order valence-corrected chi connectivity index (χ4v) is 2.61. The highest BCUT2D eigenvalue weighted by Gasteiger charge is 2.27. The molecule has 0 bridgehead atoms. The predicted molar refractivity (Wildman–Crippen MR) is 76.5 cm³/mol. The second kappa shape index (κ2) is 5.05. The van der Waals surface area contributed by atoms with Gasteiger partial charge in [0.1, 0.15) is 4.92 Å². The lowest BCUT2D eigenvalue weighted by Gasteiger charge is -2.29. The summed E-state index contributed by atoms with van der Waals surface area (Å²) >= 11 is 0. The van der Waals surface area contributed by atoms with Gasteiger partial charge in [-0.2, -0.15) is 0 Å². The first-order valence-electron chi connectivity index (χ1n) is 6.72. The molecule has 0 fully saturated rings. The Morgan fingerprint density at radius 1 is 1.33 bits per heavy atom. The Bertz CT molecular complexity index is 720. The number of carbonyl (C=O) groups excluding carboxylic acids is 1. The van der Waals surface area contributed by atoms with Crippen molar-refractivity contribution in [3.8, 4) is 0 Å². The molecule has 21 heavy (non-hydrogen) atoms. The molecule has 0 N–H and O–H groups in total. The summed E-state index contributed by atoms with van der Waals surface area (Å²) < 4.78 is 5.01. The number of nitrogens with zero attached hydrogens (tertiary/aromatic N) is 2. The average Bonchev–Trinajstić information content (AvgIpc) is 2.95. The Labute approximate surface area is 121 Å². The molecule has 108 valence electrons. The molecule has 1 aromatic carbocycles. The van der Waals surface area contributed by atoms with Crippen molar-refractivity contribution in [2.24, 2.45) is 0 Å². The quantitative estimate of drug-likeness (QED) is 0.628. The SMILES string of the molecule is Cc1ccc2c(c1)CCCN2C(=O)c1ccc([N+](=O)[O-])o1. The Hall–Kier alpha value is -2.63. The van der Waals surface area contributed by atoms with Crippen molar-refractivity contribution in [3.05, 3.63) is 57.3 Å². The van der Waals surface area contributed by atoms with Crippen molar-refractivity contribution >= 4 is 17.5 Å². The molecule has 1 aliphatic heterocycles. The second-order valence-corrected chi connectivity index (χ2v) is 5.09. The number of amides is 1. The van der Waals surface area contributed by atoms with Crippen molar-refractivity contribution in [1.82, 2.24) is 0 Å². The highest BCUT2D eigenvalue weighted by molar-refractivity contribution is 6.05. The number of hydrogen-bond donors (Lipinski definition) is 0. The lowest BCUT2D eigenvalue weighted by Crippen LogP contribution is -2.35. The number of rotatable bonds is 2. The number of anilines is 1. The average molecular weight is 286 g/mol. The van der Waals surface area contributed by atoms with E-state index in [4.69, 9.17) is 4.42 Å². The van der Waals surface area contributed by atoms with E-state index >= 15 is 0 Å². The first-order valence-corrected chi connectivity index (χ1v) is 6.72. The normalized spacial score (nSPS) is 13.9. The van der Waals surface area contributed by atoms with Gasteiger partial charge in [0.25, 0.3) is 5.91 Å². The highest BCUT2D eigenvalue weighted by atomic mass is 16.6. The highest BCUT2D eigenvalue weighted by Crippen LogP contribution is 2.30. The zero-order valence-corrected chi connectivity index (χ0v) is 11.5. The number of benzene rings is 1. The first kappa shape index (κ1) is 13.4.